The minimum Gasteiger partial charge on any atom is -0.444 e. The van der Waals surface area contributed by atoms with Crippen LogP contribution >= 0.6 is 22.9 Å². The van der Waals surface area contributed by atoms with Gasteiger partial charge in [0, 0.05) is 31.9 Å². The largest absolute Gasteiger partial charge is 0.444 e. The number of ether oxygens (including phenoxy) is 1. The maximum atomic E-state index is 12.4. The molecule has 3 heterocycles. The first-order valence-electron chi connectivity index (χ1n) is 9.41. The third-order valence-corrected chi connectivity index (χ3v) is 5.00. The fourth-order valence-electron chi connectivity index (χ4n) is 3.16. The molecule has 0 radical (unpaired) electrons. The van der Waals surface area contributed by atoms with E-state index in [4.69, 9.17) is 4.74 Å². The Bertz CT molecular complexity index is 799. The molecule has 1 saturated heterocycles. The SMILES string of the molecule is CC.Cc1cn(I)c2ncnc(N3CCN(C(=O)OC(C)(C)C)C(C)C3)c12. The Kier molecular flexibility index (Phi) is 6.93. The zero-order chi connectivity index (χ0) is 20.4. The van der Waals surface area contributed by atoms with Gasteiger partial charge in [-0.15, -0.1) is 0 Å². The first-order valence-corrected chi connectivity index (χ1v) is 10.4. The molecule has 2 aromatic heterocycles. The van der Waals surface area contributed by atoms with Crippen LogP contribution in [-0.4, -0.2) is 55.0 Å². The molecule has 8 heteroatoms. The summed E-state index contributed by atoms with van der Waals surface area (Å²) >= 11 is 2.23. The number of carbonyl (C=O) groups is 1. The quantitative estimate of drug-likeness (QED) is 0.558. The number of rotatable bonds is 1. The number of amides is 1. The van der Waals surface area contributed by atoms with E-state index in [0.717, 1.165) is 35.5 Å². The lowest BCUT2D eigenvalue weighted by Gasteiger charge is -2.40. The number of carbonyl (C=O) groups excluding carboxylic acids is 1. The fourth-order valence-corrected chi connectivity index (χ4v) is 3.94. The van der Waals surface area contributed by atoms with Gasteiger partial charge in [0.25, 0.3) is 0 Å². The smallest absolute Gasteiger partial charge is 0.410 e. The number of aryl methyl sites for hydroxylation is 1. The van der Waals surface area contributed by atoms with Crippen molar-refractivity contribution in [3.05, 3.63) is 18.1 Å². The summed E-state index contributed by atoms with van der Waals surface area (Å²) in [5, 5.41) is 1.08. The van der Waals surface area contributed by atoms with Crippen molar-refractivity contribution in [2.24, 2.45) is 0 Å². The van der Waals surface area contributed by atoms with E-state index < -0.39 is 5.60 Å². The molecule has 2 aromatic rings. The normalized spacial score (nSPS) is 17.6. The predicted molar refractivity (Wildman–Crippen MR) is 118 cm³/mol. The standard InChI is InChI=1S/C17H24IN5O2.C2H6/c1-11-8-23(18)15-13(11)14(19-10-20-15)21-6-7-22(12(2)9-21)16(24)25-17(3,4)5;1-2/h8,10,12H,6-7,9H2,1-5H3;1-2H3. The minimum atomic E-state index is -0.479. The van der Waals surface area contributed by atoms with Crippen molar-refractivity contribution in [1.82, 2.24) is 17.6 Å². The van der Waals surface area contributed by atoms with Crippen LogP contribution in [0.4, 0.5) is 10.6 Å². The summed E-state index contributed by atoms with van der Waals surface area (Å²) in [5.41, 5.74) is 1.60. The predicted octanol–water partition coefficient (Wildman–Crippen LogP) is 4.41. The van der Waals surface area contributed by atoms with Crippen molar-refractivity contribution in [3.8, 4) is 0 Å². The van der Waals surface area contributed by atoms with E-state index in [9.17, 15) is 4.79 Å². The molecule has 0 aromatic carbocycles. The Hall–Kier alpha value is -1.58. The Morgan fingerprint density at radius 1 is 1.26 bits per heavy atom. The maximum Gasteiger partial charge on any atom is 0.410 e. The molecule has 7 nitrogen and oxygen atoms in total. The topological polar surface area (TPSA) is 63.5 Å². The van der Waals surface area contributed by atoms with E-state index in [1.807, 2.05) is 44.3 Å². The van der Waals surface area contributed by atoms with Crippen LogP contribution in [0, 0.1) is 6.92 Å². The summed E-state index contributed by atoms with van der Waals surface area (Å²) in [6.45, 7) is 15.8. The number of piperazine rings is 1. The van der Waals surface area contributed by atoms with E-state index in [1.165, 1.54) is 0 Å². The first kappa shape index (κ1) is 21.7. The van der Waals surface area contributed by atoms with Crippen LogP contribution in [0.25, 0.3) is 11.0 Å². The average molecular weight is 487 g/mol. The lowest BCUT2D eigenvalue weighted by Crippen LogP contribution is -2.55. The highest BCUT2D eigenvalue weighted by molar-refractivity contribution is 14.1. The van der Waals surface area contributed by atoms with E-state index in [2.05, 4.69) is 50.9 Å². The lowest BCUT2D eigenvalue weighted by molar-refractivity contribution is 0.0159. The van der Waals surface area contributed by atoms with Gasteiger partial charge in [0.1, 0.15) is 17.7 Å². The van der Waals surface area contributed by atoms with Crippen molar-refractivity contribution >= 4 is 45.8 Å². The number of hydrogen-bond acceptors (Lipinski definition) is 5. The van der Waals surface area contributed by atoms with Crippen LogP contribution in [0.5, 0.6) is 0 Å². The second-order valence-corrected chi connectivity index (χ2v) is 8.53. The molecule has 0 spiro atoms. The van der Waals surface area contributed by atoms with E-state index in [1.54, 1.807) is 11.2 Å². The summed E-state index contributed by atoms with van der Waals surface area (Å²) in [5.74, 6) is 0.939. The highest BCUT2D eigenvalue weighted by atomic mass is 127. The van der Waals surface area contributed by atoms with E-state index >= 15 is 0 Å². The third kappa shape index (κ3) is 4.83. The van der Waals surface area contributed by atoms with Crippen molar-refractivity contribution in [3.63, 3.8) is 0 Å². The number of nitrogens with zero attached hydrogens (tertiary/aromatic N) is 5. The van der Waals surface area contributed by atoms with Crippen LogP contribution in [-0.2, 0) is 4.74 Å². The Morgan fingerprint density at radius 3 is 2.52 bits per heavy atom. The Morgan fingerprint density at radius 2 is 1.93 bits per heavy atom. The van der Waals surface area contributed by atoms with Gasteiger partial charge < -0.3 is 14.5 Å². The van der Waals surface area contributed by atoms with Crippen molar-refractivity contribution in [2.45, 2.75) is 60.1 Å². The van der Waals surface area contributed by atoms with Crippen LogP contribution in [0.1, 0.15) is 47.1 Å². The van der Waals surface area contributed by atoms with Gasteiger partial charge in [-0.25, -0.2) is 14.8 Å². The molecule has 0 N–H and O–H groups in total. The molecule has 1 amide bonds. The first-order chi connectivity index (χ1) is 12.7. The highest BCUT2D eigenvalue weighted by Gasteiger charge is 2.32. The molecular formula is C19H30IN5O2. The molecule has 1 unspecified atom stereocenters. The molecule has 1 aliphatic heterocycles. The van der Waals surface area contributed by atoms with Gasteiger partial charge in [-0.3, -0.25) is 2.78 Å². The van der Waals surface area contributed by atoms with Crippen LogP contribution in [0.15, 0.2) is 12.5 Å². The molecule has 3 rings (SSSR count). The van der Waals surface area contributed by atoms with Crippen LogP contribution in [0.2, 0.25) is 0 Å². The number of fused-ring (bicyclic) bond motifs is 1. The second-order valence-electron chi connectivity index (χ2n) is 7.49. The molecule has 1 atom stereocenters. The van der Waals surface area contributed by atoms with Gasteiger partial charge in [-0.2, -0.15) is 0 Å². The van der Waals surface area contributed by atoms with Gasteiger partial charge in [-0.05, 0) is 40.2 Å². The lowest BCUT2D eigenvalue weighted by atomic mass is 10.1. The highest BCUT2D eigenvalue weighted by Crippen LogP contribution is 2.30. The number of anilines is 1. The number of aromatic nitrogens is 3. The van der Waals surface area contributed by atoms with E-state index in [0.29, 0.717) is 6.54 Å². The Labute approximate surface area is 175 Å². The van der Waals surface area contributed by atoms with Crippen LogP contribution in [0.3, 0.4) is 0 Å². The van der Waals surface area contributed by atoms with E-state index in [-0.39, 0.29) is 12.1 Å². The van der Waals surface area contributed by atoms with Gasteiger partial charge in [0.2, 0.25) is 0 Å². The van der Waals surface area contributed by atoms with Crippen molar-refractivity contribution < 1.29 is 9.53 Å². The molecule has 0 saturated carbocycles. The van der Waals surface area contributed by atoms with Gasteiger partial charge in [-0.1, -0.05) is 13.8 Å². The molecule has 1 fully saturated rings. The Balaban J connectivity index is 0.00000126. The van der Waals surface area contributed by atoms with Gasteiger partial charge in [0.05, 0.1) is 28.3 Å². The number of hydrogen-bond donors (Lipinski definition) is 0. The van der Waals surface area contributed by atoms with Gasteiger partial charge in [0.15, 0.2) is 5.65 Å². The molecule has 1 aliphatic rings. The zero-order valence-electron chi connectivity index (χ0n) is 17.3. The second kappa shape index (κ2) is 8.62. The summed E-state index contributed by atoms with van der Waals surface area (Å²) in [6, 6.07) is 0.0515. The summed E-state index contributed by atoms with van der Waals surface area (Å²) in [6.07, 6.45) is 3.42. The van der Waals surface area contributed by atoms with Crippen molar-refractivity contribution in [1.29, 1.82) is 0 Å². The fraction of sp³-hybridized carbons (Fsp3) is 0.632. The van der Waals surface area contributed by atoms with Gasteiger partial charge >= 0.3 is 6.09 Å². The maximum absolute atomic E-state index is 12.4. The molecule has 27 heavy (non-hydrogen) atoms. The minimum absolute atomic E-state index is 0.0515. The molecule has 0 bridgehead atoms. The summed E-state index contributed by atoms with van der Waals surface area (Å²) in [4.78, 5) is 25.4. The molecule has 150 valence electrons. The molecular weight excluding hydrogens is 457 g/mol. The van der Waals surface area contributed by atoms with Crippen LogP contribution < -0.4 is 4.90 Å². The molecule has 0 aliphatic carbocycles. The summed E-state index contributed by atoms with van der Waals surface area (Å²) < 4.78 is 7.51. The summed E-state index contributed by atoms with van der Waals surface area (Å²) in [7, 11) is 0. The van der Waals surface area contributed by atoms with Crippen molar-refractivity contribution in [2.75, 3.05) is 24.5 Å². The number of halogens is 1. The average Bonchev–Trinajstić information content (AvgIpc) is 2.89. The zero-order valence-corrected chi connectivity index (χ0v) is 19.4. The monoisotopic (exact) mass is 487 g/mol. The third-order valence-electron chi connectivity index (χ3n) is 4.27.